The van der Waals surface area contributed by atoms with Gasteiger partial charge in [-0.15, -0.1) is 0 Å². The molecule has 1 heterocycles. The van der Waals surface area contributed by atoms with Gasteiger partial charge in [-0.2, -0.15) is 0 Å². The molecular weight excluding hydrogens is 260 g/mol. The molecule has 2 aromatic rings. The fourth-order valence-electron chi connectivity index (χ4n) is 2.82. The largest absolute Gasteiger partial charge is 0.392 e. The van der Waals surface area contributed by atoms with Crippen molar-refractivity contribution in [3.63, 3.8) is 0 Å². The number of aryl methyl sites for hydroxylation is 3. The number of aromatic nitrogens is 1. The lowest BCUT2D eigenvalue weighted by atomic mass is 10.00. The highest BCUT2D eigenvalue weighted by Crippen LogP contribution is 2.21. The topological polar surface area (TPSA) is 45.1 Å². The molecule has 0 aliphatic carbocycles. The van der Waals surface area contributed by atoms with Crippen LogP contribution in [0.5, 0.6) is 0 Å². The van der Waals surface area contributed by atoms with Gasteiger partial charge in [-0.25, -0.2) is 0 Å². The van der Waals surface area contributed by atoms with E-state index in [1.54, 1.807) is 0 Å². The van der Waals surface area contributed by atoms with Crippen molar-refractivity contribution in [1.82, 2.24) is 10.3 Å². The van der Waals surface area contributed by atoms with Crippen LogP contribution in [0.25, 0.3) is 0 Å². The predicted octanol–water partition coefficient (Wildman–Crippen LogP) is 3.35. The molecule has 1 atom stereocenters. The molecule has 2 N–H and O–H groups in total. The highest BCUT2D eigenvalue weighted by molar-refractivity contribution is 5.33. The third-order valence-corrected chi connectivity index (χ3v) is 3.84. The molecule has 21 heavy (non-hydrogen) atoms. The van der Waals surface area contributed by atoms with Crippen molar-refractivity contribution in [1.29, 1.82) is 0 Å². The predicted molar refractivity (Wildman–Crippen MR) is 86.1 cm³/mol. The van der Waals surface area contributed by atoms with Crippen molar-refractivity contribution < 1.29 is 5.11 Å². The summed E-state index contributed by atoms with van der Waals surface area (Å²) in [6, 6.07) is 10.4. The van der Waals surface area contributed by atoms with Gasteiger partial charge in [0, 0.05) is 24.0 Å². The molecule has 0 saturated heterocycles. The summed E-state index contributed by atoms with van der Waals surface area (Å²) < 4.78 is 0. The Morgan fingerprint density at radius 1 is 1.10 bits per heavy atom. The van der Waals surface area contributed by atoms with E-state index in [1.807, 2.05) is 19.1 Å². The molecule has 2 rings (SSSR count). The number of hydrogen-bond acceptors (Lipinski definition) is 3. The zero-order valence-electron chi connectivity index (χ0n) is 13.3. The molecule has 0 fully saturated rings. The van der Waals surface area contributed by atoms with E-state index in [9.17, 15) is 0 Å². The summed E-state index contributed by atoms with van der Waals surface area (Å²) in [7, 11) is 0. The molecule has 0 aliphatic rings. The molecule has 0 radical (unpaired) electrons. The van der Waals surface area contributed by atoms with Crippen LogP contribution in [-0.4, -0.2) is 10.1 Å². The molecule has 112 valence electrons. The molecule has 0 aliphatic heterocycles. The Labute approximate surface area is 127 Å². The van der Waals surface area contributed by atoms with Crippen LogP contribution < -0.4 is 5.32 Å². The smallest absolute Gasteiger partial charge is 0.0681 e. The van der Waals surface area contributed by atoms with E-state index < -0.39 is 0 Å². The lowest BCUT2D eigenvalue weighted by Gasteiger charge is -2.19. The summed E-state index contributed by atoms with van der Waals surface area (Å²) in [4.78, 5) is 4.57. The highest BCUT2D eigenvalue weighted by Gasteiger charge is 2.12. The Hall–Kier alpha value is -1.71. The minimum atomic E-state index is 0.0948. The minimum absolute atomic E-state index is 0.0948. The fraction of sp³-hybridized carbons (Fsp3) is 0.389. The van der Waals surface area contributed by atoms with Gasteiger partial charge in [-0.1, -0.05) is 24.3 Å². The zero-order valence-corrected chi connectivity index (χ0v) is 13.3. The van der Waals surface area contributed by atoms with Crippen molar-refractivity contribution in [3.8, 4) is 0 Å². The van der Waals surface area contributed by atoms with Crippen LogP contribution in [-0.2, 0) is 13.2 Å². The Kier molecular flexibility index (Phi) is 5.10. The second kappa shape index (κ2) is 6.83. The average molecular weight is 284 g/mol. The summed E-state index contributed by atoms with van der Waals surface area (Å²) in [6.45, 7) is 9.32. The van der Waals surface area contributed by atoms with Gasteiger partial charge in [-0.05, 0) is 56.0 Å². The number of aliphatic hydroxyl groups excluding tert-OH is 1. The van der Waals surface area contributed by atoms with Crippen LogP contribution in [0.2, 0.25) is 0 Å². The van der Waals surface area contributed by atoms with Crippen LogP contribution in [0.4, 0.5) is 0 Å². The van der Waals surface area contributed by atoms with Crippen molar-refractivity contribution in [2.45, 2.75) is 46.9 Å². The lowest BCUT2D eigenvalue weighted by molar-refractivity contribution is 0.282. The number of nitrogens with zero attached hydrogens (tertiary/aromatic N) is 1. The molecule has 0 spiro atoms. The molecule has 3 heteroatoms. The molecular formula is C18H24N2O. The van der Waals surface area contributed by atoms with Gasteiger partial charge < -0.3 is 10.4 Å². The third kappa shape index (κ3) is 3.90. The SMILES string of the molecule is Cc1cc(C)c(C(C)NCc2ccc(CO)cc2)c(C)n1. The minimum Gasteiger partial charge on any atom is -0.392 e. The summed E-state index contributed by atoms with van der Waals surface area (Å²) in [5, 5.41) is 12.6. The number of benzene rings is 1. The molecule has 0 amide bonds. The maximum Gasteiger partial charge on any atom is 0.0681 e. The molecule has 1 aromatic carbocycles. The summed E-state index contributed by atoms with van der Waals surface area (Å²) >= 11 is 0. The van der Waals surface area contributed by atoms with E-state index in [-0.39, 0.29) is 12.6 Å². The molecule has 0 bridgehead atoms. The summed E-state index contributed by atoms with van der Waals surface area (Å²) in [5.41, 5.74) is 6.91. The Balaban J connectivity index is 2.06. The van der Waals surface area contributed by atoms with Crippen LogP contribution in [0, 0.1) is 20.8 Å². The van der Waals surface area contributed by atoms with Gasteiger partial charge in [0.15, 0.2) is 0 Å². The first-order valence-electron chi connectivity index (χ1n) is 7.38. The Morgan fingerprint density at radius 3 is 2.29 bits per heavy atom. The van der Waals surface area contributed by atoms with E-state index in [4.69, 9.17) is 5.11 Å². The molecule has 1 aromatic heterocycles. The number of rotatable bonds is 5. The van der Waals surface area contributed by atoms with Crippen LogP contribution >= 0.6 is 0 Å². The van der Waals surface area contributed by atoms with Crippen molar-refractivity contribution in [3.05, 3.63) is 64.0 Å². The van der Waals surface area contributed by atoms with Gasteiger partial charge in [0.25, 0.3) is 0 Å². The first kappa shape index (κ1) is 15.7. The normalized spacial score (nSPS) is 12.4. The standard InChI is InChI=1S/C18H24N2O/c1-12-9-13(2)20-15(4)18(12)14(3)19-10-16-5-7-17(11-21)8-6-16/h5-9,14,19,21H,10-11H2,1-4H3. The van der Waals surface area contributed by atoms with E-state index >= 15 is 0 Å². The highest BCUT2D eigenvalue weighted by atomic mass is 16.3. The van der Waals surface area contributed by atoms with E-state index in [0.29, 0.717) is 0 Å². The van der Waals surface area contributed by atoms with Gasteiger partial charge in [0.2, 0.25) is 0 Å². The first-order chi connectivity index (χ1) is 10.0. The number of nitrogens with one attached hydrogen (secondary N) is 1. The number of aliphatic hydroxyl groups is 1. The van der Waals surface area contributed by atoms with Gasteiger partial charge in [0.1, 0.15) is 0 Å². The lowest BCUT2D eigenvalue weighted by Crippen LogP contribution is -2.20. The van der Waals surface area contributed by atoms with Crippen LogP contribution in [0.15, 0.2) is 30.3 Å². The number of pyridine rings is 1. The summed E-state index contributed by atoms with van der Waals surface area (Å²) in [6.07, 6.45) is 0. The first-order valence-corrected chi connectivity index (χ1v) is 7.38. The van der Waals surface area contributed by atoms with Gasteiger partial charge >= 0.3 is 0 Å². The quantitative estimate of drug-likeness (QED) is 0.885. The maximum atomic E-state index is 9.06. The maximum absolute atomic E-state index is 9.06. The van der Waals surface area contributed by atoms with Crippen molar-refractivity contribution >= 4 is 0 Å². The second-order valence-corrected chi connectivity index (χ2v) is 5.66. The zero-order chi connectivity index (χ0) is 15.4. The summed E-state index contributed by atoms with van der Waals surface area (Å²) in [5.74, 6) is 0. The second-order valence-electron chi connectivity index (χ2n) is 5.66. The van der Waals surface area contributed by atoms with Gasteiger partial charge in [0.05, 0.1) is 6.61 Å². The van der Waals surface area contributed by atoms with Crippen LogP contribution in [0.3, 0.4) is 0 Å². The molecule has 3 nitrogen and oxygen atoms in total. The van der Waals surface area contributed by atoms with Gasteiger partial charge in [-0.3, -0.25) is 4.98 Å². The monoisotopic (exact) mass is 284 g/mol. The van der Waals surface area contributed by atoms with E-state index in [2.05, 4.69) is 49.3 Å². The average Bonchev–Trinajstić information content (AvgIpc) is 2.44. The van der Waals surface area contributed by atoms with Crippen LogP contribution in [0.1, 0.15) is 46.6 Å². The molecule has 0 saturated carbocycles. The fourth-order valence-corrected chi connectivity index (χ4v) is 2.82. The Bertz CT molecular complexity index is 582. The van der Waals surface area contributed by atoms with Crippen molar-refractivity contribution in [2.24, 2.45) is 0 Å². The number of hydrogen-bond donors (Lipinski definition) is 2. The van der Waals surface area contributed by atoms with Crippen molar-refractivity contribution in [2.75, 3.05) is 0 Å². The molecule has 1 unspecified atom stereocenters. The van der Waals surface area contributed by atoms with E-state index in [1.165, 1.54) is 16.7 Å². The Morgan fingerprint density at radius 2 is 1.71 bits per heavy atom. The third-order valence-electron chi connectivity index (χ3n) is 3.84. The van der Waals surface area contributed by atoms with E-state index in [0.717, 1.165) is 23.5 Å².